The second-order valence-corrected chi connectivity index (χ2v) is 8.28. The molecule has 0 bridgehead atoms. The number of likely N-dealkylation sites (tertiary alicyclic amines) is 1. The maximum atomic E-state index is 13.4. The smallest absolute Gasteiger partial charge is 0.161 e. The van der Waals surface area contributed by atoms with E-state index in [0.29, 0.717) is 19.1 Å². The van der Waals surface area contributed by atoms with E-state index in [1.807, 2.05) is 31.3 Å². The number of rotatable bonds is 4. The number of aryl methyl sites for hydroxylation is 1. The van der Waals surface area contributed by atoms with Gasteiger partial charge in [0.1, 0.15) is 24.9 Å². The lowest BCUT2D eigenvalue weighted by Gasteiger charge is -2.33. The second kappa shape index (κ2) is 8.63. The highest BCUT2D eigenvalue weighted by molar-refractivity contribution is 5.65. The van der Waals surface area contributed by atoms with Crippen LogP contribution in [0.15, 0.2) is 48.7 Å². The van der Waals surface area contributed by atoms with Crippen molar-refractivity contribution in [2.45, 2.75) is 32.2 Å². The predicted octanol–water partition coefficient (Wildman–Crippen LogP) is 4.74. The van der Waals surface area contributed by atoms with Crippen molar-refractivity contribution < 1.29 is 13.9 Å². The summed E-state index contributed by atoms with van der Waals surface area (Å²) in [5.74, 6) is 2.51. The minimum atomic E-state index is -0.235. The Balaban J connectivity index is 1.37. The number of halogens is 1. The van der Waals surface area contributed by atoms with Crippen LogP contribution in [0.2, 0.25) is 0 Å². The minimum Gasteiger partial charge on any atom is -0.486 e. The summed E-state index contributed by atoms with van der Waals surface area (Å²) in [5.41, 5.74) is 4.24. The van der Waals surface area contributed by atoms with Gasteiger partial charge in [-0.1, -0.05) is 18.2 Å². The maximum absolute atomic E-state index is 13.4. The fraction of sp³-hybridized carbons (Fsp3) is 0.360. The third-order valence-corrected chi connectivity index (χ3v) is 6.00. The van der Waals surface area contributed by atoms with Crippen LogP contribution in [0.25, 0.3) is 11.1 Å². The number of ether oxygens (including phenoxy) is 2. The van der Waals surface area contributed by atoms with Crippen molar-refractivity contribution >= 4 is 0 Å². The zero-order valence-corrected chi connectivity index (χ0v) is 17.7. The van der Waals surface area contributed by atoms with Crippen molar-refractivity contribution in [1.82, 2.24) is 14.9 Å². The average Bonchev–Trinajstić information content (AvgIpc) is 2.80. The molecule has 0 radical (unpaired) electrons. The van der Waals surface area contributed by atoms with Gasteiger partial charge in [0.15, 0.2) is 11.5 Å². The standard InChI is InChI=1S/C25H26FN3O2/c1-17-27-14-22(19-5-7-21(26)8-6-19)25(28-17)20-3-2-10-29(16-20)15-18-4-9-23-24(13-18)31-12-11-30-23/h4-9,13-14,20H,2-3,10-12,15-16H2,1H3. The first-order valence-electron chi connectivity index (χ1n) is 10.9. The molecule has 0 amide bonds. The molecule has 2 aliphatic rings. The lowest BCUT2D eigenvalue weighted by atomic mass is 9.89. The Labute approximate surface area is 181 Å². The Kier molecular flexibility index (Phi) is 5.55. The number of fused-ring (bicyclic) bond motifs is 1. The van der Waals surface area contributed by atoms with Crippen LogP contribution in [0.4, 0.5) is 4.39 Å². The van der Waals surface area contributed by atoms with Crippen LogP contribution >= 0.6 is 0 Å². The molecule has 0 aliphatic carbocycles. The van der Waals surface area contributed by atoms with E-state index in [1.165, 1.54) is 17.7 Å². The molecule has 2 aromatic carbocycles. The van der Waals surface area contributed by atoms with Crippen molar-refractivity contribution in [2.75, 3.05) is 26.3 Å². The molecule has 5 rings (SSSR count). The van der Waals surface area contributed by atoms with Crippen molar-refractivity contribution in [3.63, 3.8) is 0 Å². The van der Waals surface area contributed by atoms with Crippen LogP contribution in [0, 0.1) is 12.7 Å². The highest BCUT2D eigenvalue weighted by Gasteiger charge is 2.26. The van der Waals surface area contributed by atoms with Crippen LogP contribution in [-0.2, 0) is 6.54 Å². The van der Waals surface area contributed by atoms with Crippen molar-refractivity contribution in [3.8, 4) is 22.6 Å². The van der Waals surface area contributed by atoms with Crippen LogP contribution < -0.4 is 9.47 Å². The first-order chi connectivity index (χ1) is 15.2. The largest absolute Gasteiger partial charge is 0.486 e. The number of benzene rings is 2. The van der Waals surface area contributed by atoms with Crippen LogP contribution in [0.1, 0.15) is 35.8 Å². The lowest BCUT2D eigenvalue weighted by Crippen LogP contribution is -2.34. The molecule has 2 aliphatic heterocycles. The summed E-state index contributed by atoms with van der Waals surface area (Å²) in [4.78, 5) is 11.7. The Bertz CT molecular complexity index is 1070. The van der Waals surface area contributed by atoms with Crippen LogP contribution in [0.3, 0.4) is 0 Å². The molecule has 0 N–H and O–H groups in total. The Morgan fingerprint density at radius 1 is 1.06 bits per heavy atom. The van der Waals surface area contributed by atoms with Gasteiger partial charge in [-0.3, -0.25) is 4.90 Å². The molecule has 0 spiro atoms. The molecule has 3 aromatic rings. The van der Waals surface area contributed by atoms with Crippen molar-refractivity contribution in [3.05, 3.63) is 71.6 Å². The molecule has 1 unspecified atom stereocenters. The zero-order valence-electron chi connectivity index (χ0n) is 17.7. The Morgan fingerprint density at radius 2 is 1.87 bits per heavy atom. The molecular weight excluding hydrogens is 393 g/mol. The highest BCUT2D eigenvalue weighted by Crippen LogP contribution is 2.35. The van der Waals surface area contributed by atoms with Crippen molar-refractivity contribution in [2.24, 2.45) is 0 Å². The van der Waals surface area contributed by atoms with E-state index >= 15 is 0 Å². The van der Waals surface area contributed by atoms with E-state index in [0.717, 1.165) is 66.6 Å². The summed E-state index contributed by atoms with van der Waals surface area (Å²) >= 11 is 0. The number of piperidine rings is 1. The molecule has 1 atom stereocenters. The molecule has 160 valence electrons. The van der Waals surface area contributed by atoms with Gasteiger partial charge >= 0.3 is 0 Å². The van der Waals surface area contributed by atoms with Gasteiger partial charge in [0.2, 0.25) is 0 Å². The normalized spacial score (nSPS) is 18.7. The fourth-order valence-corrected chi connectivity index (χ4v) is 4.52. The predicted molar refractivity (Wildman–Crippen MR) is 117 cm³/mol. The quantitative estimate of drug-likeness (QED) is 0.611. The first-order valence-corrected chi connectivity index (χ1v) is 10.9. The van der Waals surface area contributed by atoms with Gasteiger partial charge in [-0.25, -0.2) is 14.4 Å². The van der Waals surface area contributed by atoms with Gasteiger partial charge in [-0.05, 0) is 61.7 Å². The zero-order chi connectivity index (χ0) is 21.2. The van der Waals surface area contributed by atoms with Gasteiger partial charge in [0, 0.05) is 30.8 Å². The van der Waals surface area contributed by atoms with Gasteiger partial charge in [0.05, 0.1) is 5.69 Å². The molecule has 5 nitrogen and oxygen atoms in total. The molecule has 1 aromatic heterocycles. The fourth-order valence-electron chi connectivity index (χ4n) is 4.52. The summed E-state index contributed by atoms with van der Waals surface area (Å²) < 4.78 is 24.8. The van der Waals surface area contributed by atoms with Crippen LogP contribution in [0.5, 0.6) is 11.5 Å². The summed E-state index contributed by atoms with van der Waals surface area (Å²) in [6.45, 7) is 5.98. The number of aromatic nitrogens is 2. The van der Waals surface area contributed by atoms with Gasteiger partial charge in [-0.2, -0.15) is 0 Å². The van der Waals surface area contributed by atoms with E-state index in [9.17, 15) is 4.39 Å². The highest BCUT2D eigenvalue weighted by atomic mass is 19.1. The molecule has 1 saturated heterocycles. The third kappa shape index (κ3) is 4.39. The number of nitrogens with zero attached hydrogens (tertiary/aromatic N) is 3. The molecule has 31 heavy (non-hydrogen) atoms. The summed E-state index contributed by atoms with van der Waals surface area (Å²) in [5, 5.41) is 0. The maximum Gasteiger partial charge on any atom is 0.161 e. The topological polar surface area (TPSA) is 47.5 Å². The molecular formula is C25H26FN3O2. The summed E-state index contributed by atoms with van der Waals surface area (Å²) in [7, 11) is 0. The third-order valence-electron chi connectivity index (χ3n) is 6.00. The van der Waals surface area contributed by atoms with Crippen LogP contribution in [-0.4, -0.2) is 41.2 Å². The average molecular weight is 420 g/mol. The monoisotopic (exact) mass is 419 g/mol. The first kappa shape index (κ1) is 19.9. The molecule has 6 heteroatoms. The number of hydrogen-bond acceptors (Lipinski definition) is 5. The Hall–Kier alpha value is -2.99. The summed E-state index contributed by atoms with van der Waals surface area (Å²) in [6, 6.07) is 12.8. The Morgan fingerprint density at radius 3 is 2.71 bits per heavy atom. The van der Waals surface area contributed by atoms with E-state index < -0.39 is 0 Å². The number of hydrogen-bond donors (Lipinski definition) is 0. The van der Waals surface area contributed by atoms with Gasteiger partial charge in [0.25, 0.3) is 0 Å². The van der Waals surface area contributed by atoms with E-state index in [2.05, 4.69) is 22.0 Å². The van der Waals surface area contributed by atoms with Crippen molar-refractivity contribution in [1.29, 1.82) is 0 Å². The molecule has 0 saturated carbocycles. The van der Waals surface area contributed by atoms with Gasteiger partial charge < -0.3 is 9.47 Å². The lowest BCUT2D eigenvalue weighted by molar-refractivity contribution is 0.170. The van der Waals surface area contributed by atoms with Gasteiger partial charge in [-0.15, -0.1) is 0 Å². The molecule has 1 fully saturated rings. The summed E-state index contributed by atoms with van der Waals surface area (Å²) in [6.07, 6.45) is 4.08. The SMILES string of the molecule is Cc1ncc(-c2ccc(F)cc2)c(C2CCCN(Cc3ccc4c(c3)OCCO4)C2)n1. The molecule has 3 heterocycles. The second-order valence-electron chi connectivity index (χ2n) is 8.28. The van der Waals surface area contributed by atoms with E-state index in [-0.39, 0.29) is 5.82 Å². The van der Waals surface area contributed by atoms with E-state index in [4.69, 9.17) is 14.5 Å². The van der Waals surface area contributed by atoms with E-state index in [1.54, 1.807) is 0 Å². The minimum absolute atomic E-state index is 0.235.